The second-order valence-electron chi connectivity index (χ2n) is 3.75. The molecule has 0 aliphatic rings. The van der Waals surface area contributed by atoms with Gasteiger partial charge in [0.2, 0.25) is 5.91 Å². The van der Waals surface area contributed by atoms with Crippen LogP contribution in [-0.2, 0) is 4.79 Å². The summed E-state index contributed by atoms with van der Waals surface area (Å²) in [6, 6.07) is 12.8. The highest BCUT2D eigenvalue weighted by Gasteiger charge is 2.02. The molecule has 1 amide bonds. The topological polar surface area (TPSA) is 80.0 Å². The van der Waals surface area contributed by atoms with Crippen LogP contribution in [0.2, 0.25) is 0 Å². The molecule has 0 atom stereocenters. The van der Waals surface area contributed by atoms with Gasteiger partial charge in [-0.05, 0) is 36.4 Å². The molecule has 0 spiro atoms. The summed E-state index contributed by atoms with van der Waals surface area (Å²) in [5, 5.41) is 0. The Morgan fingerprint density at radius 3 is 2.68 bits per heavy atom. The Morgan fingerprint density at radius 2 is 2.00 bits per heavy atom. The Morgan fingerprint density at radius 1 is 1.21 bits per heavy atom. The number of nitrogens with two attached hydrogens (primary N) is 1. The molecule has 6 heteroatoms. The van der Waals surface area contributed by atoms with E-state index in [9.17, 15) is 4.79 Å². The van der Waals surface area contributed by atoms with E-state index in [1.54, 1.807) is 12.3 Å². The van der Waals surface area contributed by atoms with E-state index in [0.29, 0.717) is 17.3 Å². The number of carbonyl (C=O) groups is 1. The van der Waals surface area contributed by atoms with Crippen LogP contribution < -0.4 is 16.6 Å². The van der Waals surface area contributed by atoms with Crippen molar-refractivity contribution in [3.05, 3.63) is 48.7 Å². The van der Waals surface area contributed by atoms with Gasteiger partial charge in [0.15, 0.2) is 0 Å². The number of hydrazine groups is 1. The molecule has 1 aromatic heterocycles. The predicted molar refractivity (Wildman–Crippen MR) is 77.6 cm³/mol. The first-order valence-corrected chi connectivity index (χ1v) is 6.67. The fourth-order valence-corrected chi connectivity index (χ4v) is 2.02. The van der Waals surface area contributed by atoms with Gasteiger partial charge in [0, 0.05) is 16.8 Å². The zero-order valence-electron chi connectivity index (χ0n) is 10.2. The van der Waals surface area contributed by atoms with Gasteiger partial charge >= 0.3 is 0 Å². The van der Waals surface area contributed by atoms with Gasteiger partial charge in [0.1, 0.15) is 5.82 Å². The van der Waals surface area contributed by atoms with Crippen LogP contribution >= 0.6 is 11.8 Å². The molecule has 0 radical (unpaired) electrons. The lowest BCUT2D eigenvalue weighted by Gasteiger charge is -2.07. The maximum atomic E-state index is 11.6. The van der Waals surface area contributed by atoms with E-state index < -0.39 is 0 Å². The fourth-order valence-electron chi connectivity index (χ4n) is 1.32. The molecule has 0 aliphatic carbocycles. The number of thioether (sulfide) groups is 1. The third-order valence-corrected chi connectivity index (χ3v) is 3.26. The number of anilines is 2. The van der Waals surface area contributed by atoms with E-state index in [-0.39, 0.29) is 5.91 Å². The molecule has 0 aliphatic heterocycles. The van der Waals surface area contributed by atoms with Crippen molar-refractivity contribution in [3.63, 3.8) is 0 Å². The summed E-state index contributed by atoms with van der Waals surface area (Å²) in [4.78, 5) is 16.6. The highest BCUT2D eigenvalue weighted by atomic mass is 32.2. The summed E-state index contributed by atoms with van der Waals surface area (Å²) in [7, 11) is 0. The highest BCUT2D eigenvalue weighted by Crippen LogP contribution is 2.18. The van der Waals surface area contributed by atoms with Crippen LogP contribution in [0.25, 0.3) is 0 Å². The third kappa shape index (κ3) is 4.51. The van der Waals surface area contributed by atoms with Gasteiger partial charge in [0.05, 0.1) is 5.75 Å². The van der Waals surface area contributed by atoms with E-state index in [2.05, 4.69) is 15.8 Å². The molecule has 0 fully saturated rings. The molecule has 0 bridgehead atoms. The van der Waals surface area contributed by atoms with E-state index in [1.165, 1.54) is 11.8 Å². The first kappa shape index (κ1) is 13.2. The molecule has 19 heavy (non-hydrogen) atoms. The molecule has 4 N–H and O–H groups in total. The molecular formula is C13H14N4OS. The van der Waals surface area contributed by atoms with Crippen LogP contribution in [0.15, 0.2) is 53.6 Å². The normalized spacial score (nSPS) is 9.89. The van der Waals surface area contributed by atoms with Crippen LogP contribution in [0.4, 0.5) is 11.5 Å². The maximum absolute atomic E-state index is 11.6. The molecule has 1 aromatic carbocycles. The summed E-state index contributed by atoms with van der Waals surface area (Å²) in [6.07, 6.45) is 1.65. The van der Waals surface area contributed by atoms with Crippen molar-refractivity contribution < 1.29 is 4.79 Å². The van der Waals surface area contributed by atoms with Crippen LogP contribution in [0.5, 0.6) is 0 Å². The summed E-state index contributed by atoms with van der Waals surface area (Å²) in [5.74, 6) is 0.810. The number of benzene rings is 1. The van der Waals surface area contributed by atoms with Gasteiger partial charge in [0.25, 0.3) is 0 Å². The van der Waals surface area contributed by atoms with Gasteiger partial charge in [-0.3, -0.25) is 15.6 Å². The molecule has 0 unspecified atom stereocenters. The summed E-state index contributed by atoms with van der Waals surface area (Å²) < 4.78 is 0. The number of aromatic nitrogens is 1. The quantitative estimate of drug-likeness (QED) is 0.441. The van der Waals surface area contributed by atoms with Crippen LogP contribution in [0.3, 0.4) is 0 Å². The van der Waals surface area contributed by atoms with Crippen molar-refractivity contribution >= 4 is 29.2 Å². The van der Waals surface area contributed by atoms with Crippen LogP contribution in [0.1, 0.15) is 0 Å². The molecule has 0 saturated carbocycles. The molecule has 2 aromatic rings. The van der Waals surface area contributed by atoms with Gasteiger partial charge in [-0.2, -0.15) is 0 Å². The number of carbonyl (C=O) groups excluding carboxylic acids is 1. The van der Waals surface area contributed by atoms with E-state index in [4.69, 9.17) is 5.73 Å². The SMILES string of the molecule is Nc1ccc(SCC(=O)NNc2ccccn2)cc1. The molecule has 0 saturated heterocycles. The number of hydrogen-bond donors (Lipinski definition) is 3. The smallest absolute Gasteiger partial charge is 0.248 e. The van der Waals surface area contributed by atoms with Gasteiger partial charge < -0.3 is 5.73 Å². The average molecular weight is 274 g/mol. The average Bonchev–Trinajstić information content (AvgIpc) is 2.45. The first-order valence-electron chi connectivity index (χ1n) is 5.68. The lowest BCUT2D eigenvalue weighted by molar-refractivity contribution is -0.118. The van der Waals surface area contributed by atoms with Gasteiger partial charge in [-0.1, -0.05) is 6.07 Å². The number of hydrogen-bond acceptors (Lipinski definition) is 5. The van der Waals surface area contributed by atoms with Crippen molar-refractivity contribution in [2.75, 3.05) is 16.9 Å². The minimum Gasteiger partial charge on any atom is -0.399 e. The zero-order chi connectivity index (χ0) is 13.5. The van der Waals surface area contributed by atoms with Crippen LogP contribution in [-0.4, -0.2) is 16.6 Å². The summed E-state index contributed by atoms with van der Waals surface area (Å²) in [6.45, 7) is 0. The first-order chi connectivity index (χ1) is 9.24. The maximum Gasteiger partial charge on any atom is 0.248 e. The monoisotopic (exact) mass is 274 g/mol. The van der Waals surface area contributed by atoms with Gasteiger partial charge in [-0.15, -0.1) is 11.8 Å². The second kappa shape index (κ2) is 6.65. The van der Waals surface area contributed by atoms with Gasteiger partial charge in [-0.25, -0.2) is 4.98 Å². The Labute approximate surface area is 115 Å². The molecular weight excluding hydrogens is 260 g/mol. The number of rotatable bonds is 5. The Balaban J connectivity index is 1.74. The number of nitrogens with zero attached hydrogens (tertiary/aromatic N) is 1. The van der Waals surface area contributed by atoms with Crippen molar-refractivity contribution in [2.24, 2.45) is 0 Å². The summed E-state index contributed by atoms with van der Waals surface area (Å²) >= 11 is 1.44. The van der Waals surface area contributed by atoms with Crippen molar-refractivity contribution in [3.8, 4) is 0 Å². The van der Waals surface area contributed by atoms with Crippen molar-refractivity contribution in [1.82, 2.24) is 10.4 Å². The minimum atomic E-state index is -0.118. The Kier molecular flexibility index (Phi) is 4.63. The second-order valence-corrected chi connectivity index (χ2v) is 4.79. The summed E-state index contributed by atoms with van der Waals surface area (Å²) in [5.41, 5.74) is 11.6. The van der Waals surface area contributed by atoms with E-state index >= 15 is 0 Å². The predicted octanol–water partition coefficient (Wildman–Crippen LogP) is 1.90. The Bertz CT molecular complexity index is 530. The molecule has 5 nitrogen and oxygen atoms in total. The van der Waals surface area contributed by atoms with E-state index in [1.807, 2.05) is 36.4 Å². The number of nitrogen functional groups attached to an aromatic ring is 1. The molecule has 98 valence electrons. The zero-order valence-corrected chi connectivity index (χ0v) is 11.0. The fraction of sp³-hybridized carbons (Fsp3) is 0.0769. The van der Waals surface area contributed by atoms with Crippen molar-refractivity contribution in [1.29, 1.82) is 0 Å². The largest absolute Gasteiger partial charge is 0.399 e. The minimum absolute atomic E-state index is 0.118. The van der Waals surface area contributed by atoms with E-state index in [0.717, 1.165) is 4.90 Å². The number of amides is 1. The molecule has 1 heterocycles. The lowest BCUT2D eigenvalue weighted by atomic mass is 10.3. The lowest BCUT2D eigenvalue weighted by Crippen LogP contribution is -2.31. The number of pyridine rings is 1. The van der Waals surface area contributed by atoms with Crippen LogP contribution in [0, 0.1) is 0 Å². The van der Waals surface area contributed by atoms with Crippen molar-refractivity contribution in [2.45, 2.75) is 4.90 Å². The number of nitrogens with one attached hydrogen (secondary N) is 2. The Hall–Kier alpha value is -2.21. The highest BCUT2D eigenvalue weighted by molar-refractivity contribution is 8.00. The molecule has 2 rings (SSSR count). The standard InChI is InChI=1S/C13H14N4OS/c14-10-4-6-11(7-5-10)19-9-13(18)17-16-12-3-1-2-8-15-12/h1-8H,9,14H2,(H,15,16)(H,17,18). The third-order valence-electron chi connectivity index (χ3n) is 2.24.